The molecule has 0 fully saturated rings. The van der Waals surface area contributed by atoms with Crippen LogP contribution >= 0.6 is 11.6 Å². The van der Waals surface area contributed by atoms with E-state index in [0.29, 0.717) is 0 Å². The normalized spacial score (nSPS) is 11.2. The van der Waals surface area contributed by atoms with Crippen LogP contribution in [0.2, 0.25) is 5.02 Å². The Hall–Kier alpha value is -1.74. The maximum atomic E-state index is 6.27. The summed E-state index contributed by atoms with van der Waals surface area (Å²) in [5.74, 6) is 1.05. The number of halogens is 1. The molecule has 1 aromatic carbocycles. The number of imidazole rings is 1. The standard InChI is InChI=1S/C14H14ClN3/c1-2-17-9-7-16-13(17)10-18-8-6-11-4-3-5-12(15)14(11)18/h3-9H,2,10H2,1H3. The molecule has 0 saturated carbocycles. The lowest BCUT2D eigenvalue weighted by atomic mass is 10.2. The zero-order chi connectivity index (χ0) is 12.5. The minimum atomic E-state index is 0.744. The van der Waals surface area contributed by atoms with E-state index in [1.165, 1.54) is 0 Å². The topological polar surface area (TPSA) is 22.8 Å². The lowest BCUT2D eigenvalue weighted by Gasteiger charge is -2.08. The Morgan fingerprint density at radius 1 is 1.17 bits per heavy atom. The molecule has 18 heavy (non-hydrogen) atoms. The fourth-order valence-electron chi connectivity index (χ4n) is 2.28. The minimum Gasteiger partial charge on any atom is -0.339 e. The quantitative estimate of drug-likeness (QED) is 0.705. The van der Waals surface area contributed by atoms with Gasteiger partial charge >= 0.3 is 0 Å². The molecule has 0 saturated heterocycles. The Morgan fingerprint density at radius 2 is 2.06 bits per heavy atom. The van der Waals surface area contributed by atoms with Crippen LogP contribution in [0.5, 0.6) is 0 Å². The summed E-state index contributed by atoms with van der Waals surface area (Å²) in [5.41, 5.74) is 1.07. The molecule has 0 unspecified atom stereocenters. The highest BCUT2D eigenvalue weighted by Gasteiger charge is 2.08. The third-order valence-electron chi connectivity index (χ3n) is 3.19. The van der Waals surface area contributed by atoms with Gasteiger partial charge in [-0.2, -0.15) is 0 Å². The van der Waals surface area contributed by atoms with Gasteiger partial charge in [-0.3, -0.25) is 0 Å². The predicted molar refractivity (Wildman–Crippen MR) is 74.0 cm³/mol. The second kappa shape index (κ2) is 4.50. The van der Waals surface area contributed by atoms with Gasteiger partial charge in [0.05, 0.1) is 17.1 Å². The molecule has 3 rings (SSSR count). The molecule has 0 bridgehead atoms. The van der Waals surface area contributed by atoms with E-state index >= 15 is 0 Å². The summed E-state index contributed by atoms with van der Waals surface area (Å²) < 4.78 is 4.29. The molecule has 0 N–H and O–H groups in total. The molecule has 92 valence electrons. The van der Waals surface area contributed by atoms with Crippen molar-refractivity contribution < 1.29 is 0 Å². The van der Waals surface area contributed by atoms with E-state index < -0.39 is 0 Å². The van der Waals surface area contributed by atoms with Gasteiger partial charge in [0, 0.05) is 30.5 Å². The fourth-order valence-corrected chi connectivity index (χ4v) is 2.57. The number of aryl methyl sites for hydroxylation is 1. The van der Waals surface area contributed by atoms with Crippen LogP contribution < -0.4 is 0 Å². The maximum Gasteiger partial charge on any atom is 0.128 e. The number of rotatable bonds is 3. The number of hydrogen-bond acceptors (Lipinski definition) is 1. The predicted octanol–water partition coefficient (Wildman–Crippen LogP) is 3.56. The summed E-state index contributed by atoms with van der Waals surface area (Å²) >= 11 is 6.27. The molecule has 4 heteroatoms. The van der Waals surface area contributed by atoms with Crippen LogP contribution in [0.15, 0.2) is 42.9 Å². The van der Waals surface area contributed by atoms with Gasteiger partial charge in [-0.15, -0.1) is 0 Å². The first-order valence-corrected chi connectivity index (χ1v) is 6.40. The Morgan fingerprint density at radius 3 is 2.89 bits per heavy atom. The van der Waals surface area contributed by atoms with Crippen molar-refractivity contribution in [3.8, 4) is 0 Å². The van der Waals surface area contributed by atoms with Crippen molar-refractivity contribution >= 4 is 22.5 Å². The van der Waals surface area contributed by atoms with E-state index in [-0.39, 0.29) is 0 Å². The molecule has 0 amide bonds. The SMILES string of the molecule is CCn1ccnc1Cn1ccc2cccc(Cl)c21. The second-order valence-electron chi connectivity index (χ2n) is 4.25. The van der Waals surface area contributed by atoms with E-state index in [1.807, 2.05) is 24.5 Å². The van der Waals surface area contributed by atoms with Gasteiger partial charge in [0.2, 0.25) is 0 Å². The number of hydrogen-bond donors (Lipinski definition) is 0. The van der Waals surface area contributed by atoms with E-state index in [2.05, 4.69) is 39.4 Å². The number of nitrogens with zero attached hydrogens (tertiary/aromatic N) is 3. The van der Waals surface area contributed by atoms with Crippen LogP contribution in [0.3, 0.4) is 0 Å². The Bertz CT molecular complexity index is 681. The Kier molecular flexibility index (Phi) is 2.84. The average molecular weight is 260 g/mol. The molecule has 0 aliphatic heterocycles. The summed E-state index contributed by atoms with van der Waals surface area (Å²) in [6.07, 6.45) is 5.90. The first-order chi connectivity index (χ1) is 8.79. The highest BCUT2D eigenvalue weighted by molar-refractivity contribution is 6.35. The highest BCUT2D eigenvalue weighted by atomic mass is 35.5. The molecule has 2 aromatic heterocycles. The molecule has 3 aromatic rings. The zero-order valence-corrected chi connectivity index (χ0v) is 10.9. The molecule has 0 spiro atoms. The molecule has 0 atom stereocenters. The van der Waals surface area contributed by atoms with Gasteiger partial charge in [0.25, 0.3) is 0 Å². The highest BCUT2D eigenvalue weighted by Crippen LogP contribution is 2.24. The van der Waals surface area contributed by atoms with Gasteiger partial charge in [-0.05, 0) is 19.1 Å². The maximum absolute atomic E-state index is 6.27. The van der Waals surface area contributed by atoms with Crippen molar-refractivity contribution in [3.63, 3.8) is 0 Å². The van der Waals surface area contributed by atoms with E-state index in [9.17, 15) is 0 Å². The van der Waals surface area contributed by atoms with Crippen molar-refractivity contribution in [2.24, 2.45) is 0 Å². The lowest BCUT2D eigenvalue weighted by Crippen LogP contribution is -2.06. The molecular weight excluding hydrogens is 246 g/mol. The third-order valence-corrected chi connectivity index (χ3v) is 3.50. The molecule has 0 aliphatic carbocycles. The fraction of sp³-hybridized carbons (Fsp3) is 0.214. The van der Waals surface area contributed by atoms with Gasteiger partial charge in [-0.1, -0.05) is 23.7 Å². The number of fused-ring (bicyclic) bond motifs is 1. The number of aromatic nitrogens is 3. The lowest BCUT2D eigenvalue weighted by molar-refractivity contribution is 0.662. The minimum absolute atomic E-state index is 0.744. The van der Waals surface area contributed by atoms with Crippen LogP contribution in [-0.2, 0) is 13.1 Å². The van der Waals surface area contributed by atoms with Crippen molar-refractivity contribution in [2.75, 3.05) is 0 Å². The molecule has 3 nitrogen and oxygen atoms in total. The largest absolute Gasteiger partial charge is 0.339 e. The average Bonchev–Trinajstić information content (AvgIpc) is 2.97. The first kappa shape index (κ1) is 11.4. The van der Waals surface area contributed by atoms with Crippen LogP contribution in [-0.4, -0.2) is 14.1 Å². The van der Waals surface area contributed by atoms with Crippen molar-refractivity contribution in [1.29, 1.82) is 0 Å². The summed E-state index contributed by atoms with van der Waals surface area (Å²) in [6, 6.07) is 8.05. The van der Waals surface area contributed by atoms with Crippen molar-refractivity contribution in [2.45, 2.75) is 20.0 Å². The Labute approximate surface area is 111 Å². The van der Waals surface area contributed by atoms with Gasteiger partial charge in [-0.25, -0.2) is 4.98 Å². The molecular formula is C14H14ClN3. The zero-order valence-electron chi connectivity index (χ0n) is 10.2. The van der Waals surface area contributed by atoms with E-state index in [1.54, 1.807) is 0 Å². The van der Waals surface area contributed by atoms with Crippen molar-refractivity contribution in [3.05, 3.63) is 53.7 Å². The summed E-state index contributed by atoms with van der Waals surface area (Å²) in [7, 11) is 0. The van der Waals surface area contributed by atoms with E-state index in [0.717, 1.165) is 34.8 Å². The van der Waals surface area contributed by atoms with Gasteiger partial charge in [0.15, 0.2) is 0 Å². The summed E-state index contributed by atoms with van der Waals surface area (Å²) in [5, 5.41) is 1.95. The summed E-state index contributed by atoms with van der Waals surface area (Å²) in [4.78, 5) is 4.40. The Balaban J connectivity index is 2.05. The van der Waals surface area contributed by atoms with Crippen LogP contribution in [0.4, 0.5) is 0 Å². The molecule has 0 radical (unpaired) electrons. The third kappa shape index (κ3) is 1.81. The van der Waals surface area contributed by atoms with E-state index in [4.69, 9.17) is 11.6 Å². The van der Waals surface area contributed by atoms with Crippen LogP contribution in [0, 0.1) is 0 Å². The molecule has 0 aliphatic rings. The van der Waals surface area contributed by atoms with Crippen LogP contribution in [0.1, 0.15) is 12.7 Å². The monoisotopic (exact) mass is 259 g/mol. The van der Waals surface area contributed by atoms with Gasteiger partial charge < -0.3 is 9.13 Å². The summed E-state index contributed by atoms with van der Waals surface area (Å²) in [6.45, 7) is 3.79. The molecule has 2 heterocycles. The number of para-hydroxylation sites is 1. The van der Waals surface area contributed by atoms with Crippen molar-refractivity contribution in [1.82, 2.24) is 14.1 Å². The van der Waals surface area contributed by atoms with Crippen LogP contribution in [0.25, 0.3) is 10.9 Å². The second-order valence-corrected chi connectivity index (χ2v) is 4.66. The smallest absolute Gasteiger partial charge is 0.128 e. The first-order valence-electron chi connectivity index (χ1n) is 6.03. The van der Waals surface area contributed by atoms with Gasteiger partial charge in [0.1, 0.15) is 5.82 Å². The number of benzene rings is 1.